The zero-order chi connectivity index (χ0) is 15.9. The van der Waals surface area contributed by atoms with Crippen LogP contribution in [0.5, 0.6) is 0 Å². The van der Waals surface area contributed by atoms with Gasteiger partial charge in [0, 0.05) is 30.2 Å². The van der Waals surface area contributed by atoms with Crippen LogP contribution in [0, 0.1) is 0 Å². The Kier molecular flexibility index (Phi) is 3.11. The highest BCUT2D eigenvalue weighted by molar-refractivity contribution is 5.83. The largest absolute Gasteiger partial charge is 0.351 e. The molecule has 0 amide bonds. The summed E-state index contributed by atoms with van der Waals surface area (Å²) in [6.07, 6.45) is 13.9. The average Bonchev–Trinajstić information content (AvgIpc) is 3.05. The van der Waals surface area contributed by atoms with Crippen molar-refractivity contribution in [3.8, 4) is 0 Å². The summed E-state index contributed by atoms with van der Waals surface area (Å²) in [6.45, 7) is 0. The van der Waals surface area contributed by atoms with E-state index in [1.165, 1.54) is 30.4 Å². The van der Waals surface area contributed by atoms with Crippen LogP contribution in [0.1, 0.15) is 42.5 Å². The van der Waals surface area contributed by atoms with E-state index in [4.69, 9.17) is 4.98 Å². The van der Waals surface area contributed by atoms with Gasteiger partial charge in [-0.3, -0.25) is 0 Å². The number of anilines is 1. The molecular formula is C19H19N5. The summed E-state index contributed by atoms with van der Waals surface area (Å²) in [5, 5.41) is 7.72. The van der Waals surface area contributed by atoms with E-state index in [2.05, 4.69) is 33.6 Å². The standard InChI is InChI=1S/C19H19N5/c1-3-14(4-1)22-19-20-12-17-16(5-2-6-18(17)23-19)13-8-10-24-15(11-13)7-9-21-24/h5,7-12,14H,1-4,6H2,(H,20,22,23). The van der Waals surface area contributed by atoms with Crippen LogP contribution >= 0.6 is 0 Å². The number of fused-ring (bicyclic) bond motifs is 2. The molecule has 0 atom stereocenters. The van der Waals surface area contributed by atoms with E-state index < -0.39 is 0 Å². The summed E-state index contributed by atoms with van der Waals surface area (Å²) in [7, 11) is 0. The molecule has 3 aromatic rings. The maximum Gasteiger partial charge on any atom is 0.223 e. The van der Waals surface area contributed by atoms with Crippen molar-refractivity contribution in [1.29, 1.82) is 0 Å². The van der Waals surface area contributed by atoms with Gasteiger partial charge in [0.15, 0.2) is 0 Å². The Bertz CT molecular complexity index is 936. The molecule has 5 nitrogen and oxygen atoms in total. The Labute approximate surface area is 140 Å². The van der Waals surface area contributed by atoms with Gasteiger partial charge in [-0.15, -0.1) is 0 Å². The third kappa shape index (κ3) is 2.28. The fraction of sp³-hybridized carbons (Fsp3) is 0.316. The van der Waals surface area contributed by atoms with E-state index in [1.807, 2.05) is 29.2 Å². The second-order valence-corrected chi connectivity index (χ2v) is 6.60. The average molecular weight is 317 g/mol. The highest BCUT2D eigenvalue weighted by atomic mass is 15.2. The molecule has 0 aliphatic heterocycles. The van der Waals surface area contributed by atoms with Gasteiger partial charge in [-0.1, -0.05) is 6.08 Å². The lowest BCUT2D eigenvalue weighted by molar-refractivity contribution is 0.443. The van der Waals surface area contributed by atoms with E-state index in [9.17, 15) is 0 Å². The number of allylic oxidation sites excluding steroid dienone is 1. The lowest BCUT2D eigenvalue weighted by Gasteiger charge is -2.27. The van der Waals surface area contributed by atoms with Crippen molar-refractivity contribution in [2.75, 3.05) is 5.32 Å². The molecule has 0 spiro atoms. The first-order chi connectivity index (χ1) is 11.9. The fourth-order valence-electron chi connectivity index (χ4n) is 3.46. The molecule has 24 heavy (non-hydrogen) atoms. The summed E-state index contributed by atoms with van der Waals surface area (Å²) in [5.74, 6) is 0.783. The van der Waals surface area contributed by atoms with E-state index in [0.717, 1.165) is 35.6 Å². The molecule has 1 saturated carbocycles. The lowest BCUT2D eigenvalue weighted by Crippen LogP contribution is -2.28. The summed E-state index contributed by atoms with van der Waals surface area (Å²) in [5.41, 5.74) is 5.84. The SMILES string of the molecule is C1=C(c2ccn3nccc3c2)c2cnc(NC3CCC3)nc2CC1. The summed E-state index contributed by atoms with van der Waals surface area (Å²) in [4.78, 5) is 9.34. The van der Waals surface area contributed by atoms with Gasteiger partial charge in [-0.2, -0.15) is 5.10 Å². The fourth-order valence-corrected chi connectivity index (χ4v) is 3.46. The third-order valence-electron chi connectivity index (χ3n) is 5.04. The minimum Gasteiger partial charge on any atom is -0.351 e. The summed E-state index contributed by atoms with van der Waals surface area (Å²) >= 11 is 0. The molecule has 1 fully saturated rings. The Balaban J connectivity index is 1.51. The Hall–Kier alpha value is -2.69. The molecule has 1 N–H and O–H groups in total. The third-order valence-corrected chi connectivity index (χ3v) is 5.04. The van der Waals surface area contributed by atoms with Gasteiger partial charge in [-0.25, -0.2) is 14.5 Å². The van der Waals surface area contributed by atoms with Crippen LogP contribution in [-0.4, -0.2) is 25.6 Å². The Morgan fingerprint density at radius 3 is 3.04 bits per heavy atom. The second-order valence-electron chi connectivity index (χ2n) is 6.60. The van der Waals surface area contributed by atoms with Gasteiger partial charge in [0.2, 0.25) is 5.95 Å². The van der Waals surface area contributed by atoms with Crippen LogP contribution in [0.4, 0.5) is 5.95 Å². The molecule has 2 aliphatic carbocycles. The zero-order valence-corrected chi connectivity index (χ0v) is 13.4. The van der Waals surface area contributed by atoms with Crippen LogP contribution in [0.2, 0.25) is 0 Å². The zero-order valence-electron chi connectivity index (χ0n) is 13.4. The van der Waals surface area contributed by atoms with Crippen molar-refractivity contribution in [2.24, 2.45) is 0 Å². The first kappa shape index (κ1) is 13.7. The highest BCUT2D eigenvalue weighted by Gasteiger charge is 2.20. The smallest absolute Gasteiger partial charge is 0.223 e. The van der Waals surface area contributed by atoms with E-state index >= 15 is 0 Å². The van der Waals surface area contributed by atoms with Gasteiger partial charge in [-0.05, 0) is 61.4 Å². The minimum absolute atomic E-state index is 0.561. The molecule has 0 unspecified atom stereocenters. The number of rotatable bonds is 3. The number of hydrogen-bond acceptors (Lipinski definition) is 4. The van der Waals surface area contributed by atoms with Crippen LogP contribution < -0.4 is 5.32 Å². The molecular weight excluding hydrogens is 298 g/mol. The highest BCUT2D eigenvalue weighted by Crippen LogP contribution is 2.31. The maximum absolute atomic E-state index is 4.78. The number of pyridine rings is 1. The van der Waals surface area contributed by atoms with Crippen LogP contribution in [0.3, 0.4) is 0 Å². The number of aryl methyl sites for hydroxylation is 1. The van der Waals surface area contributed by atoms with Crippen LogP contribution in [-0.2, 0) is 6.42 Å². The monoisotopic (exact) mass is 317 g/mol. The van der Waals surface area contributed by atoms with Crippen molar-refractivity contribution in [3.63, 3.8) is 0 Å². The Morgan fingerprint density at radius 2 is 2.17 bits per heavy atom. The number of aromatic nitrogens is 4. The molecule has 5 rings (SSSR count). The van der Waals surface area contributed by atoms with Gasteiger partial charge in [0.1, 0.15) is 0 Å². The normalized spacial score (nSPS) is 17.2. The predicted octanol–water partition coefficient (Wildman–Crippen LogP) is 3.47. The number of hydrogen-bond donors (Lipinski definition) is 1. The number of nitrogens with one attached hydrogen (secondary N) is 1. The predicted molar refractivity (Wildman–Crippen MR) is 93.9 cm³/mol. The van der Waals surface area contributed by atoms with Crippen molar-refractivity contribution in [3.05, 3.63) is 59.7 Å². The molecule has 3 aromatic heterocycles. The first-order valence-corrected chi connectivity index (χ1v) is 8.63. The molecule has 120 valence electrons. The van der Waals surface area contributed by atoms with Crippen LogP contribution in [0.15, 0.2) is 42.9 Å². The van der Waals surface area contributed by atoms with Gasteiger partial charge >= 0.3 is 0 Å². The first-order valence-electron chi connectivity index (χ1n) is 8.63. The molecule has 0 saturated heterocycles. The lowest BCUT2D eigenvalue weighted by atomic mass is 9.91. The molecule has 2 aliphatic rings. The van der Waals surface area contributed by atoms with Gasteiger partial charge < -0.3 is 5.32 Å². The van der Waals surface area contributed by atoms with Crippen molar-refractivity contribution in [2.45, 2.75) is 38.1 Å². The van der Waals surface area contributed by atoms with Crippen molar-refractivity contribution in [1.82, 2.24) is 19.6 Å². The molecule has 5 heteroatoms. The molecule has 0 aromatic carbocycles. The van der Waals surface area contributed by atoms with Gasteiger partial charge in [0.25, 0.3) is 0 Å². The second kappa shape index (κ2) is 5.44. The van der Waals surface area contributed by atoms with E-state index in [1.54, 1.807) is 0 Å². The van der Waals surface area contributed by atoms with Crippen molar-refractivity contribution >= 4 is 17.0 Å². The molecule has 0 radical (unpaired) electrons. The maximum atomic E-state index is 4.78. The Morgan fingerprint density at radius 1 is 1.21 bits per heavy atom. The van der Waals surface area contributed by atoms with Crippen molar-refractivity contribution < 1.29 is 0 Å². The minimum atomic E-state index is 0.561. The van der Waals surface area contributed by atoms with Crippen LogP contribution in [0.25, 0.3) is 11.1 Å². The van der Waals surface area contributed by atoms with E-state index in [0.29, 0.717) is 6.04 Å². The van der Waals surface area contributed by atoms with E-state index in [-0.39, 0.29) is 0 Å². The number of nitrogens with zero attached hydrogens (tertiary/aromatic N) is 4. The summed E-state index contributed by atoms with van der Waals surface area (Å²) < 4.78 is 1.88. The summed E-state index contributed by atoms with van der Waals surface area (Å²) in [6, 6.07) is 6.87. The topological polar surface area (TPSA) is 55.1 Å². The molecule has 3 heterocycles. The quantitative estimate of drug-likeness (QED) is 0.803. The molecule has 0 bridgehead atoms. The van der Waals surface area contributed by atoms with Gasteiger partial charge in [0.05, 0.1) is 11.2 Å².